The van der Waals surface area contributed by atoms with E-state index in [0.29, 0.717) is 6.42 Å². The molecule has 13 heavy (non-hydrogen) atoms. The minimum atomic E-state index is -0.307. The Morgan fingerprint density at radius 2 is 2.15 bits per heavy atom. The topological polar surface area (TPSA) is 46.5 Å². The molecule has 0 saturated heterocycles. The van der Waals surface area contributed by atoms with E-state index in [1.165, 1.54) is 0 Å². The van der Waals surface area contributed by atoms with E-state index in [9.17, 15) is 9.90 Å². The summed E-state index contributed by atoms with van der Waals surface area (Å²) in [7, 11) is 0. The van der Waals surface area contributed by atoms with Crippen LogP contribution in [0.25, 0.3) is 0 Å². The maximum Gasteiger partial charge on any atom is 0.309 e. The first kappa shape index (κ1) is 10.5. The van der Waals surface area contributed by atoms with Crippen LogP contribution in [-0.2, 0) is 9.53 Å². The molecule has 0 aromatic rings. The van der Waals surface area contributed by atoms with Gasteiger partial charge < -0.3 is 9.84 Å². The number of aliphatic hydroxyl groups excluding tert-OH is 1. The normalized spacial score (nSPS) is 28.9. The van der Waals surface area contributed by atoms with Gasteiger partial charge in [0.2, 0.25) is 0 Å². The molecule has 1 fully saturated rings. The zero-order valence-electron chi connectivity index (χ0n) is 8.32. The molecule has 0 spiro atoms. The van der Waals surface area contributed by atoms with Crippen LogP contribution in [-0.4, -0.2) is 23.3 Å². The molecule has 0 heterocycles. The molecule has 0 radical (unpaired) electrons. The first-order valence-electron chi connectivity index (χ1n) is 4.98. The van der Waals surface area contributed by atoms with Crippen LogP contribution < -0.4 is 0 Å². The number of carbonyl (C=O) groups excluding carboxylic acids is 1. The van der Waals surface area contributed by atoms with Gasteiger partial charge in [0.05, 0.1) is 18.1 Å². The predicted octanol–water partition coefficient (Wildman–Crippen LogP) is 1.49. The van der Waals surface area contributed by atoms with Gasteiger partial charge in [0.15, 0.2) is 0 Å². The molecule has 0 aromatic heterocycles. The van der Waals surface area contributed by atoms with Crippen molar-refractivity contribution in [2.75, 3.05) is 0 Å². The molecule has 2 atom stereocenters. The lowest BCUT2D eigenvalue weighted by Gasteiger charge is -2.24. The lowest BCUT2D eigenvalue weighted by atomic mass is 9.87. The van der Waals surface area contributed by atoms with Crippen molar-refractivity contribution >= 4 is 5.97 Å². The summed E-state index contributed by atoms with van der Waals surface area (Å²) in [5, 5.41) is 9.35. The Morgan fingerprint density at radius 1 is 1.46 bits per heavy atom. The zero-order valence-corrected chi connectivity index (χ0v) is 8.32. The summed E-state index contributed by atoms with van der Waals surface area (Å²) in [6, 6.07) is 0. The van der Waals surface area contributed by atoms with E-state index < -0.39 is 0 Å². The number of hydrogen-bond donors (Lipinski definition) is 1. The first-order chi connectivity index (χ1) is 6.09. The van der Waals surface area contributed by atoms with Crippen LogP contribution in [0.15, 0.2) is 0 Å². The maximum absolute atomic E-state index is 11.4. The highest BCUT2D eigenvalue weighted by Gasteiger charge is 2.27. The second-order valence-corrected chi connectivity index (χ2v) is 4.00. The lowest BCUT2D eigenvalue weighted by molar-refractivity contribution is -0.154. The van der Waals surface area contributed by atoms with Crippen molar-refractivity contribution in [2.45, 2.75) is 51.7 Å². The largest absolute Gasteiger partial charge is 0.463 e. The van der Waals surface area contributed by atoms with Gasteiger partial charge in [-0.1, -0.05) is 6.42 Å². The molecule has 1 rings (SSSR count). The minimum Gasteiger partial charge on any atom is -0.463 e. The van der Waals surface area contributed by atoms with E-state index in [1.807, 2.05) is 13.8 Å². The van der Waals surface area contributed by atoms with Crippen LogP contribution in [0.3, 0.4) is 0 Å². The average Bonchev–Trinajstić information content (AvgIpc) is 2.03. The van der Waals surface area contributed by atoms with Gasteiger partial charge in [0.1, 0.15) is 0 Å². The number of aliphatic hydroxyl groups is 1. The fraction of sp³-hybridized carbons (Fsp3) is 0.900. The number of esters is 1. The minimum absolute atomic E-state index is 0.0495. The molecule has 1 saturated carbocycles. The van der Waals surface area contributed by atoms with Crippen LogP contribution in [0.1, 0.15) is 39.5 Å². The highest BCUT2D eigenvalue weighted by atomic mass is 16.5. The predicted molar refractivity (Wildman–Crippen MR) is 49.2 cm³/mol. The summed E-state index contributed by atoms with van der Waals surface area (Å²) in [6.07, 6.45) is 2.84. The molecule has 0 unspecified atom stereocenters. The van der Waals surface area contributed by atoms with Gasteiger partial charge >= 0.3 is 5.97 Å². The number of rotatable bonds is 2. The molecule has 1 aliphatic carbocycles. The molecule has 0 aliphatic heterocycles. The van der Waals surface area contributed by atoms with Crippen LogP contribution in [0.2, 0.25) is 0 Å². The molecule has 0 bridgehead atoms. The number of ether oxygens (including phenoxy) is 1. The van der Waals surface area contributed by atoms with Crippen LogP contribution in [0.5, 0.6) is 0 Å². The van der Waals surface area contributed by atoms with Crippen molar-refractivity contribution in [1.29, 1.82) is 0 Å². The second-order valence-electron chi connectivity index (χ2n) is 4.00. The van der Waals surface area contributed by atoms with Gasteiger partial charge in [-0.05, 0) is 33.1 Å². The molecule has 0 amide bonds. The van der Waals surface area contributed by atoms with Gasteiger partial charge in [-0.3, -0.25) is 4.79 Å². The summed E-state index contributed by atoms with van der Waals surface area (Å²) in [6.45, 7) is 3.69. The van der Waals surface area contributed by atoms with Gasteiger partial charge in [-0.15, -0.1) is 0 Å². The highest BCUT2D eigenvalue weighted by Crippen LogP contribution is 2.25. The van der Waals surface area contributed by atoms with Crippen molar-refractivity contribution in [2.24, 2.45) is 5.92 Å². The maximum atomic E-state index is 11.4. The third-order valence-electron chi connectivity index (χ3n) is 2.33. The molecule has 0 aromatic carbocycles. The fourth-order valence-electron chi connectivity index (χ4n) is 1.71. The Balaban J connectivity index is 2.37. The Kier molecular flexibility index (Phi) is 3.72. The van der Waals surface area contributed by atoms with Crippen molar-refractivity contribution in [1.82, 2.24) is 0 Å². The Morgan fingerprint density at radius 3 is 2.69 bits per heavy atom. The van der Waals surface area contributed by atoms with E-state index >= 15 is 0 Å². The van der Waals surface area contributed by atoms with E-state index in [4.69, 9.17) is 4.74 Å². The SMILES string of the molecule is CC(C)OC(=O)[C@H]1CCC[C@H](O)C1. The van der Waals surface area contributed by atoms with Crippen molar-refractivity contribution in [3.63, 3.8) is 0 Å². The summed E-state index contributed by atoms with van der Waals surface area (Å²) in [5.74, 6) is -0.222. The smallest absolute Gasteiger partial charge is 0.309 e. The number of carbonyl (C=O) groups is 1. The van der Waals surface area contributed by atoms with Crippen LogP contribution in [0, 0.1) is 5.92 Å². The van der Waals surface area contributed by atoms with Crippen molar-refractivity contribution < 1.29 is 14.6 Å². The Labute approximate surface area is 79.1 Å². The summed E-state index contributed by atoms with van der Waals surface area (Å²) >= 11 is 0. The van der Waals surface area contributed by atoms with Crippen LogP contribution >= 0.6 is 0 Å². The molecular weight excluding hydrogens is 168 g/mol. The Bertz CT molecular complexity index is 177. The van der Waals surface area contributed by atoms with Gasteiger partial charge in [-0.2, -0.15) is 0 Å². The van der Waals surface area contributed by atoms with Gasteiger partial charge in [0, 0.05) is 0 Å². The number of hydrogen-bond acceptors (Lipinski definition) is 3. The third kappa shape index (κ3) is 3.35. The van der Waals surface area contributed by atoms with Crippen molar-refractivity contribution in [3.05, 3.63) is 0 Å². The zero-order chi connectivity index (χ0) is 9.84. The molecule has 3 heteroatoms. The van der Waals surface area contributed by atoms with Gasteiger partial charge in [-0.25, -0.2) is 0 Å². The second kappa shape index (κ2) is 4.61. The average molecular weight is 186 g/mol. The monoisotopic (exact) mass is 186 g/mol. The lowest BCUT2D eigenvalue weighted by Crippen LogP contribution is -2.28. The fourth-order valence-corrected chi connectivity index (χ4v) is 1.71. The molecule has 1 aliphatic rings. The van der Waals surface area contributed by atoms with E-state index in [1.54, 1.807) is 0 Å². The first-order valence-corrected chi connectivity index (χ1v) is 4.98. The molecule has 1 N–H and O–H groups in total. The van der Waals surface area contributed by atoms with E-state index in [0.717, 1.165) is 19.3 Å². The standard InChI is InChI=1S/C10H18O3/c1-7(2)13-10(12)8-4-3-5-9(11)6-8/h7-9,11H,3-6H2,1-2H3/t8-,9-/m0/s1. The summed E-state index contributed by atoms with van der Waals surface area (Å²) < 4.78 is 5.09. The van der Waals surface area contributed by atoms with Crippen LogP contribution in [0.4, 0.5) is 0 Å². The van der Waals surface area contributed by atoms with Gasteiger partial charge in [0.25, 0.3) is 0 Å². The summed E-state index contributed by atoms with van der Waals surface area (Å²) in [4.78, 5) is 11.4. The molecule has 3 nitrogen and oxygen atoms in total. The molecular formula is C10H18O3. The quantitative estimate of drug-likeness (QED) is 0.664. The van der Waals surface area contributed by atoms with Crippen molar-refractivity contribution in [3.8, 4) is 0 Å². The van der Waals surface area contributed by atoms with E-state index in [2.05, 4.69) is 0 Å². The third-order valence-corrected chi connectivity index (χ3v) is 2.33. The molecule has 76 valence electrons. The van der Waals surface area contributed by atoms with E-state index in [-0.39, 0.29) is 24.1 Å². The Hall–Kier alpha value is -0.570. The highest BCUT2D eigenvalue weighted by molar-refractivity contribution is 5.72. The summed E-state index contributed by atoms with van der Waals surface area (Å²) in [5.41, 5.74) is 0.